The normalized spacial score (nSPS) is 17.7. The highest BCUT2D eigenvalue weighted by molar-refractivity contribution is 7.16. The van der Waals surface area contributed by atoms with Gasteiger partial charge in [0.1, 0.15) is 0 Å². The predicted octanol–water partition coefficient (Wildman–Crippen LogP) is 6.10. The third-order valence-corrected chi connectivity index (χ3v) is 8.56. The van der Waals surface area contributed by atoms with Gasteiger partial charge in [-0.25, -0.2) is 4.98 Å². The first-order chi connectivity index (χ1) is 16.7. The number of ketones is 1. The van der Waals surface area contributed by atoms with Gasteiger partial charge in [0, 0.05) is 48.1 Å². The molecule has 1 aliphatic heterocycles. The lowest BCUT2D eigenvalue weighted by Gasteiger charge is -2.33. The van der Waals surface area contributed by atoms with Crippen molar-refractivity contribution in [3.63, 3.8) is 0 Å². The minimum atomic E-state index is 0.116. The summed E-state index contributed by atoms with van der Waals surface area (Å²) in [7, 11) is 0. The van der Waals surface area contributed by atoms with Crippen molar-refractivity contribution in [3.05, 3.63) is 64.8 Å². The molecular formula is C28H29N3O2S. The number of hydrogen-bond donors (Lipinski definition) is 1. The Morgan fingerprint density at radius 3 is 2.68 bits per heavy atom. The number of benzene rings is 2. The molecule has 6 heteroatoms. The molecule has 2 aromatic heterocycles. The molecular weight excluding hydrogens is 442 g/mol. The highest BCUT2D eigenvalue weighted by Crippen LogP contribution is 2.35. The molecule has 2 aliphatic rings. The molecule has 1 saturated heterocycles. The van der Waals surface area contributed by atoms with Gasteiger partial charge in [0.25, 0.3) is 0 Å². The van der Waals surface area contributed by atoms with E-state index in [4.69, 9.17) is 0 Å². The Kier molecular flexibility index (Phi) is 5.69. The zero-order chi connectivity index (χ0) is 23.1. The van der Waals surface area contributed by atoms with Crippen molar-refractivity contribution in [2.24, 2.45) is 5.92 Å². The molecule has 4 aromatic rings. The van der Waals surface area contributed by atoms with E-state index in [0.29, 0.717) is 23.8 Å². The number of H-pyrrole nitrogens is 1. The molecule has 0 radical (unpaired) electrons. The van der Waals surface area contributed by atoms with Crippen LogP contribution >= 0.6 is 11.3 Å². The summed E-state index contributed by atoms with van der Waals surface area (Å²) in [6, 6.07) is 12.1. The van der Waals surface area contributed by atoms with Gasteiger partial charge in [-0.05, 0) is 73.1 Å². The molecule has 34 heavy (non-hydrogen) atoms. The van der Waals surface area contributed by atoms with Crippen molar-refractivity contribution in [1.82, 2.24) is 14.9 Å². The van der Waals surface area contributed by atoms with Gasteiger partial charge >= 0.3 is 0 Å². The van der Waals surface area contributed by atoms with Crippen molar-refractivity contribution < 1.29 is 9.59 Å². The first-order valence-corrected chi connectivity index (χ1v) is 13.3. The van der Waals surface area contributed by atoms with E-state index < -0.39 is 0 Å². The molecule has 1 N–H and O–H groups in total. The Balaban J connectivity index is 1.17. The zero-order valence-electron chi connectivity index (χ0n) is 19.3. The number of thiazole rings is 1. The summed E-state index contributed by atoms with van der Waals surface area (Å²) in [6.07, 6.45) is 9.06. The maximum absolute atomic E-state index is 13.0. The second kappa shape index (κ2) is 8.99. The summed E-state index contributed by atoms with van der Waals surface area (Å²) in [5, 5.41) is 1.21. The topological polar surface area (TPSA) is 66.1 Å². The number of rotatable bonds is 5. The van der Waals surface area contributed by atoms with E-state index in [2.05, 4.69) is 33.2 Å². The lowest BCUT2D eigenvalue weighted by Crippen LogP contribution is -2.40. The van der Waals surface area contributed by atoms with E-state index in [9.17, 15) is 9.59 Å². The number of aromatic amines is 1. The van der Waals surface area contributed by atoms with Gasteiger partial charge in [-0.15, -0.1) is 11.3 Å². The van der Waals surface area contributed by atoms with Crippen LogP contribution in [0.3, 0.4) is 0 Å². The van der Waals surface area contributed by atoms with Gasteiger partial charge in [-0.2, -0.15) is 0 Å². The second-order valence-electron chi connectivity index (χ2n) is 9.84. The number of nitrogens with zero attached hydrogens (tertiary/aromatic N) is 2. The van der Waals surface area contributed by atoms with Crippen LogP contribution in [0.5, 0.6) is 0 Å². The fourth-order valence-electron chi connectivity index (χ4n) is 5.80. The average Bonchev–Trinajstić information content (AvgIpc) is 3.64. The maximum Gasteiger partial charge on any atom is 0.225 e. The number of carbonyl (C=O) groups is 2. The molecule has 1 aliphatic carbocycles. The van der Waals surface area contributed by atoms with Gasteiger partial charge in [0.2, 0.25) is 5.91 Å². The summed E-state index contributed by atoms with van der Waals surface area (Å²) in [6.45, 7) is 1.70. The van der Waals surface area contributed by atoms with Crippen LogP contribution in [0, 0.1) is 5.92 Å². The Labute approximate surface area is 203 Å². The number of aromatic nitrogens is 2. The molecule has 1 amide bonds. The van der Waals surface area contributed by atoms with E-state index in [1.807, 2.05) is 29.8 Å². The molecule has 0 spiro atoms. The summed E-state index contributed by atoms with van der Waals surface area (Å²) < 4.78 is 1.10. The third kappa shape index (κ3) is 4.05. The second-order valence-corrected chi connectivity index (χ2v) is 10.7. The zero-order valence-corrected chi connectivity index (χ0v) is 20.1. The molecule has 0 bridgehead atoms. The van der Waals surface area contributed by atoms with Crippen molar-refractivity contribution in [2.75, 3.05) is 13.1 Å². The summed E-state index contributed by atoms with van der Waals surface area (Å²) >= 11 is 1.59. The van der Waals surface area contributed by atoms with Gasteiger partial charge in [-0.3, -0.25) is 9.59 Å². The van der Waals surface area contributed by atoms with Crippen molar-refractivity contribution in [3.8, 4) is 0 Å². The lowest BCUT2D eigenvalue weighted by atomic mass is 9.88. The maximum atomic E-state index is 13.0. The van der Waals surface area contributed by atoms with E-state index in [-0.39, 0.29) is 11.7 Å². The third-order valence-electron chi connectivity index (χ3n) is 7.75. The molecule has 2 aromatic carbocycles. The van der Waals surface area contributed by atoms with Gasteiger partial charge in [0.15, 0.2) is 5.78 Å². The van der Waals surface area contributed by atoms with Crippen molar-refractivity contribution >= 4 is 44.1 Å². The molecule has 1 saturated carbocycles. The highest BCUT2D eigenvalue weighted by Gasteiger charge is 2.31. The molecule has 3 heterocycles. The van der Waals surface area contributed by atoms with Crippen LogP contribution < -0.4 is 0 Å². The molecule has 5 nitrogen and oxygen atoms in total. The van der Waals surface area contributed by atoms with E-state index in [1.54, 1.807) is 11.3 Å². The first-order valence-electron chi connectivity index (χ1n) is 12.4. The fourth-order valence-corrected chi connectivity index (χ4v) is 6.46. The number of nitrogens with one attached hydrogen (secondary N) is 1. The quantitative estimate of drug-likeness (QED) is 0.358. The smallest absolute Gasteiger partial charge is 0.225 e. The fraction of sp³-hybridized carbons (Fsp3) is 0.393. The van der Waals surface area contributed by atoms with Gasteiger partial charge in [-0.1, -0.05) is 18.9 Å². The van der Waals surface area contributed by atoms with Crippen LogP contribution in [-0.2, 0) is 11.2 Å². The monoisotopic (exact) mass is 471 g/mol. The van der Waals surface area contributed by atoms with Crippen molar-refractivity contribution in [2.45, 2.75) is 50.9 Å². The van der Waals surface area contributed by atoms with Crippen LogP contribution in [-0.4, -0.2) is 39.6 Å². The molecule has 174 valence electrons. The molecule has 6 rings (SSSR count). The van der Waals surface area contributed by atoms with Crippen molar-refractivity contribution in [1.29, 1.82) is 0 Å². The van der Waals surface area contributed by atoms with E-state index in [1.165, 1.54) is 23.8 Å². The Bertz CT molecular complexity index is 1360. The Morgan fingerprint density at radius 2 is 1.85 bits per heavy atom. The molecule has 0 unspecified atom stereocenters. The van der Waals surface area contributed by atoms with E-state index >= 15 is 0 Å². The number of piperidine rings is 1. The number of likely N-dealkylation sites (tertiary alicyclic amines) is 1. The Hall–Kier alpha value is -2.99. The van der Waals surface area contributed by atoms with Crippen LogP contribution in [0.2, 0.25) is 0 Å². The van der Waals surface area contributed by atoms with Crippen LogP contribution in [0.1, 0.15) is 65.9 Å². The molecule has 0 atom stereocenters. The van der Waals surface area contributed by atoms with E-state index in [0.717, 1.165) is 60.1 Å². The number of Topliss-reactive ketones (excluding diaryl/α,β-unsaturated/α-hetero) is 1. The standard InChI is InChI=1S/C28H29N3O2S/c32-26(21-6-8-27-25(15-21)30-17-34-27)14-18-5-7-24-22(13-18)23(16-29-24)19-9-11-31(12-10-19)28(33)20-3-1-2-4-20/h5-8,13,15-17,19-20,29H,1-4,9-12,14H2. The van der Waals surface area contributed by atoms with Crippen LogP contribution in [0.4, 0.5) is 0 Å². The molecule has 2 fully saturated rings. The Morgan fingerprint density at radius 1 is 1.03 bits per heavy atom. The largest absolute Gasteiger partial charge is 0.361 e. The minimum absolute atomic E-state index is 0.116. The SMILES string of the molecule is O=C(Cc1ccc2[nH]cc(C3CCN(C(=O)C4CCCC4)CC3)c2c1)c1ccc2scnc2c1. The summed E-state index contributed by atoms with van der Waals surface area (Å²) in [5.74, 6) is 1.21. The number of hydrogen-bond acceptors (Lipinski definition) is 4. The number of carbonyl (C=O) groups excluding carboxylic acids is 2. The van der Waals surface area contributed by atoms with Crippen LogP contribution in [0.25, 0.3) is 21.1 Å². The van der Waals surface area contributed by atoms with Gasteiger partial charge in [0.05, 0.1) is 15.7 Å². The summed E-state index contributed by atoms with van der Waals surface area (Å²) in [4.78, 5) is 35.7. The minimum Gasteiger partial charge on any atom is -0.361 e. The first kappa shape index (κ1) is 21.5. The number of amides is 1. The van der Waals surface area contributed by atoms with Crippen LogP contribution in [0.15, 0.2) is 48.1 Å². The lowest BCUT2D eigenvalue weighted by molar-refractivity contribution is -0.136. The number of fused-ring (bicyclic) bond motifs is 2. The summed E-state index contributed by atoms with van der Waals surface area (Å²) in [5.41, 5.74) is 6.88. The predicted molar refractivity (Wildman–Crippen MR) is 136 cm³/mol. The average molecular weight is 472 g/mol. The highest BCUT2D eigenvalue weighted by atomic mass is 32.1. The van der Waals surface area contributed by atoms with Gasteiger partial charge < -0.3 is 9.88 Å².